The number of nitrogens with zero attached hydrogens (tertiary/aromatic N) is 2. The predicted octanol–water partition coefficient (Wildman–Crippen LogP) is 3.62. The van der Waals surface area contributed by atoms with Crippen molar-refractivity contribution in [3.05, 3.63) is 0 Å². The van der Waals surface area contributed by atoms with Crippen LogP contribution in [0.3, 0.4) is 0 Å². The number of likely N-dealkylation sites (tertiary alicyclic amines) is 1. The van der Waals surface area contributed by atoms with E-state index in [0.29, 0.717) is 11.8 Å². The van der Waals surface area contributed by atoms with Crippen molar-refractivity contribution in [2.45, 2.75) is 66.2 Å². The first-order valence-electron chi connectivity index (χ1n) is 10.3. The highest BCUT2D eigenvalue weighted by Gasteiger charge is 2.32. The van der Waals surface area contributed by atoms with E-state index in [1.807, 2.05) is 0 Å². The smallest absolute Gasteiger partial charge is 0.220 e. The van der Waals surface area contributed by atoms with Crippen LogP contribution in [0.25, 0.3) is 0 Å². The molecule has 1 fully saturated rings. The Morgan fingerprint density at radius 2 is 1.84 bits per heavy atom. The fourth-order valence-corrected chi connectivity index (χ4v) is 4.17. The Morgan fingerprint density at radius 3 is 2.40 bits per heavy atom. The molecule has 0 aromatic heterocycles. The van der Waals surface area contributed by atoms with E-state index in [-0.39, 0.29) is 5.91 Å². The Kier molecular flexibility index (Phi) is 10.0. The van der Waals surface area contributed by atoms with Gasteiger partial charge in [-0.15, -0.1) is 0 Å². The Morgan fingerprint density at radius 1 is 1.20 bits per heavy atom. The van der Waals surface area contributed by atoms with Gasteiger partial charge < -0.3 is 15.1 Å². The van der Waals surface area contributed by atoms with Gasteiger partial charge in [-0.3, -0.25) is 4.79 Å². The molecule has 1 amide bonds. The number of piperidine rings is 1. The molecule has 0 aliphatic carbocycles. The Balaban J connectivity index is 2.13. The van der Waals surface area contributed by atoms with Gasteiger partial charge in [-0.05, 0) is 83.1 Å². The predicted molar refractivity (Wildman–Crippen MR) is 108 cm³/mol. The molecule has 148 valence electrons. The number of hydrogen-bond donors (Lipinski definition) is 1. The van der Waals surface area contributed by atoms with Gasteiger partial charge in [-0.2, -0.15) is 0 Å². The molecule has 0 saturated carbocycles. The maximum Gasteiger partial charge on any atom is 0.220 e. The lowest BCUT2D eigenvalue weighted by Crippen LogP contribution is -2.43. The van der Waals surface area contributed by atoms with Crippen molar-refractivity contribution in [1.29, 1.82) is 0 Å². The van der Waals surface area contributed by atoms with Gasteiger partial charge in [0, 0.05) is 19.5 Å². The van der Waals surface area contributed by atoms with Crippen molar-refractivity contribution in [2.75, 3.05) is 46.8 Å². The van der Waals surface area contributed by atoms with Crippen molar-refractivity contribution < 1.29 is 4.79 Å². The third-order valence-corrected chi connectivity index (χ3v) is 5.58. The number of carbonyl (C=O) groups excluding carboxylic acids is 1. The summed E-state index contributed by atoms with van der Waals surface area (Å²) in [4.78, 5) is 16.7. The van der Waals surface area contributed by atoms with Crippen LogP contribution in [0.1, 0.15) is 66.2 Å². The van der Waals surface area contributed by atoms with Crippen molar-refractivity contribution in [3.63, 3.8) is 0 Å². The molecule has 0 aromatic carbocycles. The second-order valence-electron chi connectivity index (χ2n) is 9.33. The molecule has 1 aliphatic heterocycles. The molecule has 0 unspecified atom stereocenters. The Hall–Kier alpha value is -0.610. The number of rotatable bonds is 11. The second-order valence-corrected chi connectivity index (χ2v) is 9.33. The zero-order valence-corrected chi connectivity index (χ0v) is 17.7. The first-order valence-corrected chi connectivity index (χ1v) is 10.3. The molecule has 0 bridgehead atoms. The van der Waals surface area contributed by atoms with E-state index in [4.69, 9.17) is 0 Å². The lowest BCUT2D eigenvalue weighted by atomic mass is 9.73. The quantitative estimate of drug-likeness (QED) is 0.576. The normalized spacial score (nSPS) is 17.4. The fraction of sp³-hybridized carbons (Fsp3) is 0.952. The molecule has 0 aromatic rings. The van der Waals surface area contributed by atoms with Gasteiger partial charge in [0.15, 0.2) is 0 Å². The Bertz CT molecular complexity index is 371. The molecule has 4 nitrogen and oxygen atoms in total. The highest BCUT2D eigenvalue weighted by molar-refractivity contribution is 5.75. The van der Waals surface area contributed by atoms with Gasteiger partial charge >= 0.3 is 0 Å². The minimum absolute atomic E-state index is 0.228. The summed E-state index contributed by atoms with van der Waals surface area (Å²) in [5.41, 5.74) is 0.394. The first-order chi connectivity index (χ1) is 11.7. The summed E-state index contributed by atoms with van der Waals surface area (Å²) in [6, 6.07) is 0. The topological polar surface area (TPSA) is 35.6 Å². The number of amides is 1. The van der Waals surface area contributed by atoms with Crippen molar-refractivity contribution in [1.82, 2.24) is 15.1 Å². The summed E-state index contributed by atoms with van der Waals surface area (Å²) in [5, 5.41) is 3.06. The molecule has 4 heteroatoms. The SMILES string of the molecule is CC(C)CCCNC(=O)CCCN1CCC(C(C)(C)CN(C)C)CC1. The Labute approximate surface area is 156 Å². The minimum Gasteiger partial charge on any atom is -0.356 e. The molecule has 0 radical (unpaired) electrons. The number of nitrogens with one attached hydrogen (secondary N) is 1. The largest absolute Gasteiger partial charge is 0.356 e. The molecule has 0 atom stereocenters. The summed E-state index contributed by atoms with van der Waals surface area (Å²) in [5.74, 6) is 1.77. The van der Waals surface area contributed by atoms with E-state index in [0.717, 1.165) is 44.3 Å². The van der Waals surface area contributed by atoms with Crippen LogP contribution in [-0.2, 0) is 4.79 Å². The van der Waals surface area contributed by atoms with E-state index >= 15 is 0 Å². The van der Waals surface area contributed by atoms with Crippen LogP contribution in [-0.4, -0.2) is 62.5 Å². The molecule has 1 aliphatic rings. The van der Waals surface area contributed by atoms with Crippen LogP contribution < -0.4 is 5.32 Å². The van der Waals surface area contributed by atoms with E-state index in [1.54, 1.807) is 0 Å². The van der Waals surface area contributed by atoms with E-state index < -0.39 is 0 Å². The van der Waals surface area contributed by atoms with Gasteiger partial charge in [-0.25, -0.2) is 0 Å². The van der Waals surface area contributed by atoms with Gasteiger partial charge in [-0.1, -0.05) is 27.7 Å². The van der Waals surface area contributed by atoms with Crippen molar-refractivity contribution in [2.24, 2.45) is 17.3 Å². The minimum atomic E-state index is 0.228. The van der Waals surface area contributed by atoms with E-state index in [2.05, 4.69) is 56.9 Å². The second kappa shape index (κ2) is 11.2. The summed E-state index contributed by atoms with van der Waals surface area (Å²) in [7, 11) is 4.34. The molecule has 1 heterocycles. The highest BCUT2D eigenvalue weighted by atomic mass is 16.1. The maximum atomic E-state index is 11.9. The summed E-state index contributed by atoms with van der Waals surface area (Å²) < 4.78 is 0. The van der Waals surface area contributed by atoms with Gasteiger partial charge in [0.1, 0.15) is 0 Å². The number of hydrogen-bond acceptors (Lipinski definition) is 3. The van der Waals surface area contributed by atoms with Crippen LogP contribution in [0.4, 0.5) is 0 Å². The first kappa shape index (κ1) is 22.4. The monoisotopic (exact) mass is 353 g/mol. The average molecular weight is 354 g/mol. The summed E-state index contributed by atoms with van der Waals surface area (Å²) >= 11 is 0. The van der Waals surface area contributed by atoms with E-state index in [1.165, 1.54) is 32.4 Å². The van der Waals surface area contributed by atoms with Crippen LogP contribution in [0.5, 0.6) is 0 Å². The highest BCUT2D eigenvalue weighted by Crippen LogP contribution is 2.35. The van der Waals surface area contributed by atoms with E-state index in [9.17, 15) is 4.79 Å². The summed E-state index contributed by atoms with van der Waals surface area (Å²) in [6.45, 7) is 14.7. The molecule has 1 N–H and O–H groups in total. The molecular weight excluding hydrogens is 310 g/mol. The average Bonchev–Trinajstić information content (AvgIpc) is 2.51. The maximum absolute atomic E-state index is 11.9. The van der Waals surface area contributed by atoms with Crippen LogP contribution in [0.2, 0.25) is 0 Å². The van der Waals surface area contributed by atoms with Gasteiger partial charge in [0.2, 0.25) is 5.91 Å². The third kappa shape index (κ3) is 9.60. The van der Waals surface area contributed by atoms with Crippen LogP contribution in [0, 0.1) is 17.3 Å². The van der Waals surface area contributed by atoms with Crippen LogP contribution >= 0.6 is 0 Å². The fourth-order valence-electron chi connectivity index (χ4n) is 4.17. The standard InChI is InChI=1S/C21H43N3O/c1-18(2)9-7-13-22-20(25)10-8-14-24-15-11-19(12-16-24)21(3,4)17-23(5)6/h18-19H,7-17H2,1-6H3,(H,22,25). The molecular formula is C21H43N3O. The van der Waals surface area contributed by atoms with Gasteiger partial charge in [0.05, 0.1) is 0 Å². The summed E-state index contributed by atoms with van der Waals surface area (Å²) in [6.07, 6.45) is 6.54. The zero-order chi connectivity index (χ0) is 18.9. The van der Waals surface area contributed by atoms with Gasteiger partial charge in [0.25, 0.3) is 0 Å². The van der Waals surface area contributed by atoms with Crippen LogP contribution in [0.15, 0.2) is 0 Å². The van der Waals surface area contributed by atoms with Crippen molar-refractivity contribution in [3.8, 4) is 0 Å². The lowest BCUT2D eigenvalue weighted by molar-refractivity contribution is -0.121. The molecule has 1 saturated heterocycles. The van der Waals surface area contributed by atoms with Crippen molar-refractivity contribution >= 4 is 5.91 Å². The molecule has 0 spiro atoms. The lowest BCUT2D eigenvalue weighted by Gasteiger charge is -2.42. The zero-order valence-electron chi connectivity index (χ0n) is 17.7. The molecule has 25 heavy (non-hydrogen) atoms. The molecule has 1 rings (SSSR count). The number of carbonyl (C=O) groups is 1. The third-order valence-electron chi connectivity index (χ3n) is 5.58.